The Kier molecular flexibility index (Phi) is 3.91. The van der Waals surface area contributed by atoms with Gasteiger partial charge in [0.1, 0.15) is 0 Å². The van der Waals surface area contributed by atoms with E-state index in [1.165, 1.54) is 0 Å². The van der Waals surface area contributed by atoms with Crippen molar-refractivity contribution in [3.8, 4) is 0 Å². The molecule has 2 heterocycles. The van der Waals surface area contributed by atoms with Crippen LogP contribution in [0.2, 0.25) is 0 Å². The van der Waals surface area contributed by atoms with Crippen molar-refractivity contribution in [2.75, 3.05) is 13.1 Å². The first-order valence-electron chi connectivity index (χ1n) is 7.57. The van der Waals surface area contributed by atoms with Gasteiger partial charge < -0.3 is 4.90 Å². The van der Waals surface area contributed by atoms with E-state index in [0.717, 1.165) is 12.8 Å². The summed E-state index contributed by atoms with van der Waals surface area (Å²) in [4.78, 5) is 14.2. The fourth-order valence-electron chi connectivity index (χ4n) is 3.31. The van der Waals surface area contributed by atoms with Crippen LogP contribution in [0.4, 0.5) is 8.78 Å². The molecular formula is C14H20F2N4O. The lowest BCUT2D eigenvalue weighted by Crippen LogP contribution is -2.43. The molecule has 1 amide bonds. The molecule has 2 aliphatic rings. The van der Waals surface area contributed by atoms with Crippen LogP contribution in [0.5, 0.6) is 0 Å². The Labute approximate surface area is 122 Å². The Hall–Kier alpha value is -1.53. The van der Waals surface area contributed by atoms with E-state index in [0.29, 0.717) is 25.9 Å². The molecule has 2 fully saturated rings. The van der Waals surface area contributed by atoms with E-state index in [2.05, 4.69) is 10.3 Å². The molecule has 0 spiro atoms. The van der Waals surface area contributed by atoms with Crippen LogP contribution in [0.25, 0.3) is 0 Å². The normalized spacial score (nSPS) is 24.2. The van der Waals surface area contributed by atoms with Gasteiger partial charge in [0.05, 0.1) is 12.2 Å². The molecule has 0 radical (unpaired) electrons. The van der Waals surface area contributed by atoms with Crippen LogP contribution >= 0.6 is 0 Å². The third-order valence-corrected chi connectivity index (χ3v) is 4.66. The van der Waals surface area contributed by atoms with Gasteiger partial charge in [0.15, 0.2) is 0 Å². The molecule has 5 nitrogen and oxygen atoms in total. The Morgan fingerprint density at radius 3 is 2.38 bits per heavy atom. The molecule has 1 aromatic heterocycles. The van der Waals surface area contributed by atoms with E-state index in [9.17, 15) is 13.6 Å². The Bertz CT molecular complexity index is 473. The van der Waals surface area contributed by atoms with E-state index in [1.807, 2.05) is 15.8 Å². The molecular weight excluding hydrogens is 278 g/mol. The van der Waals surface area contributed by atoms with Crippen molar-refractivity contribution in [2.45, 2.75) is 50.5 Å². The zero-order valence-corrected chi connectivity index (χ0v) is 11.9. The quantitative estimate of drug-likeness (QED) is 0.841. The van der Waals surface area contributed by atoms with Crippen LogP contribution in [0.1, 0.15) is 44.6 Å². The van der Waals surface area contributed by atoms with Gasteiger partial charge in [-0.15, -0.1) is 5.10 Å². The van der Waals surface area contributed by atoms with Crippen molar-refractivity contribution >= 4 is 5.91 Å². The number of hydrogen-bond acceptors (Lipinski definition) is 3. The molecule has 0 bridgehead atoms. The largest absolute Gasteiger partial charge is 0.342 e. The number of aromatic nitrogens is 3. The average molecular weight is 298 g/mol. The van der Waals surface area contributed by atoms with Gasteiger partial charge in [-0.05, 0) is 25.7 Å². The number of halogens is 2. The third kappa shape index (κ3) is 3.22. The maximum absolute atomic E-state index is 13.2. The maximum Gasteiger partial charge on any atom is 0.248 e. The number of piperidine rings is 1. The molecule has 116 valence electrons. The van der Waals surface area contributed by atoms with Gasteiger partial charge in [0.25, 0.3) is 0 Å². The highest BCUT2D eigenvalue weighted by atomic mass is 19.3. The van der Waals surface area contributed by atoms with Gasteiger partial charge in [0.2, 0.25) is 11.8 Å². The number of hydrogen-bond donors (Lipinski definition) is 0. The number of alkyl halides is 2. The molecule has 7 heteroatoms. The second-order valence-corrected chi connectivity index (χ2v) is 6.07. The Morgan fingerprint density at radius 1 is 1.14 bits per heavy atom. The number of nitrogens with zero attached hydrogens (tertiary/aromatic N) is 4. The van der Waals surface area contributed by atoms with Crippen molar-refractivity contribution in [1.82, 2.24) is 19.9 Å². The van der Waals surface area contributed by atoms with Gasteiger partial charge in [-0.2, -0.15) is 0 Å². The van der Waals surface area contributed by atoms with Gasteiger partial charge in [-0.1, -0.05) is 5.21 Å². The minimum Gasteiger partial charge on any atom is -0.342 e. The van der Waals surface area contributed by atoms with Crippen molar-refractivity contribution < 1.29 is 13.6 Å². The average Bonchev–Trinajstić information content (AvgIpc) is 3.01. The lowest BCUT2D eigenvalue weighted by atomic mass is 9.85. The zero-order valence-electron chi connectivity index (χ0n) is 11.9. The van der Waals surface area contributed by atoms with Gasteiger partial charge in [-0.3, -0.25) is 4.79 Å². The van der Waals surface area contributed by atoms with Crippen LogP contribution in [0.15, 0.2) is 12.4 Å². The molecule has 21 heavy (non-hydrogen) atoms. The molecule has 0 N–H and O–H groups in total. The first-order chi connectivity index (χ1) is 10.1. The second kappa shape index (κ2) is 5.69. The van der Waals surface area contributed by atoms with Crippen molar-refractivity contribution in [2.24, 2.45) is 5.92 Å². The third-order valence-electron chi connectivity index (χ3n) is 4.66. The van der Waals surface area contributed by atoms with E-state index < -0.39 is 5.92 Å². The molecule has 1 saturated heterocycles. The Morgan fingerprint density at radius 2 is 1.81 bits per heavy atom. The summed E-state index contributed by atoms with van der Waals surface area (Å²) in [5.74, 6) is -2.73. The highest BCUT2D eigenvalue weighted by molar-refractivity contribution is 5.79. The van der Waals surface area contributed by atoms with Crippen LogP contribution in [-0.2, 0) is 4.79 Å². The molecule has 0 aromatic carbocycles. The minimum absolute atomic E-state index is 0.0579. The predicted octanol–water partition coefficient (Wildman–Crippen LogP) is 2.27. The molecule has 1 aliphatic carbocycles. The topological polar surface area (TPSA) is 51.0 Å². The summed E-state index contributed by atoms with van der Waals surface area (Å²) < 4.78 is 28.1. The molecule has 3 rings (SSSR count). The predicted molar refractivity (Wildman–Crippen MR) is 71.8 cm³/mol. The van der Waals surface area contributed by atoms with Gasteiger partial charge >= 0.3 is 0 Å². The summed E-state index contributed by atoms with van der Waals surface area (Å²) in [6.45, 7) is 1.35. The van der Waals surface area contributed by atoms with Crippen LogP contribution in [0.3, 0.4) is 0 Å². The van der Waals surface area contributed by atoms with Crippen molar-refractivity contribution in [3.63, 3.8) is 0 Å². The number of rotatable bonds is 2. The molecule has 0 atom stereocenters. The first-order valence-corrected chi connectivity index (χ1v) is 7.57. The summed E-state index contributed by atoms with van der Waals surface area (Å²) in [7, 11) is 0. The van der Waals surface area contributed by atoms with Crippen LogP contribution < -0.4 is 0 Å². The molecule has 0 unspecified atom stereocenters. The second-order valence-electron chi connectivity index (χ2n) is 6.07. The summed E-state index contributed by atoms with van der Waals surface area (Å²) >= 11 is 0. The standard InChI is InChI=1S/C14H20F2N4O/c15-14(16)5-1-11(2-6-14)13(21)19-8-3-12(4-9-19)20-10-7-17-18-20/h7,10-12H,1-6,8-9H2. The Balaban J connectivity index is 1.51. The van der Waals surface area contributed by atoms with Gasteiger partial charge in [-0.25, -0.2) is 13.5 Å². The molecule has 1 aromatic rings. The van der Waals surface area contributed by atoms with E-state index >= 15 is 0 Å². The summed E-state index contributed by atoms with van der Waals surface area (Å²) in [5, 5.41) is 7.80. The highest BCUT2D eigenvalue weighted by Gasteiger charge is 2.39. The SMILES string of the molecule is O=C(C1CCC(F)(F)CC1)N1CCC(n2ccnn2)CC1. The smallest absolute Gasteiger partial charge is 0.248 e. The van der Waals surface area contributed by atoms with E-state index in [-0.39, 0.29) is 30.7 Å². The number of amides is 1. The maximum atomic E-state index is 13.2. The minimum atomic E-state index is -2.57. The fraction of sp³-hybridized carbons (Fsp3) is 0.786. The number of carbonyl (C=O) groups excluding carboxylic acids is 1. The lowest BCUT2D eigenvalue weighted by Gasteiger charge is -2.36. The summed E-state index contributed by atoms with van der Waals surface area (Å²) in [5.41, 5.74) is 0. The summed E-state index contributed by atoms with van der Waals surface area (Å²) in [6, 6.07) is 0.284. The molecule has 1 saturated carbocycles. The van der Waals surface area contributed by atoms with E-state index in [1.54, 1.807) is 6.20 Å². The monoisotopic (exact) mass is 298 g/mol. The van der Waals surface area contributed by atoms with Crippen molar-refractivity contribution in [1.29, 1.82) is 0 Å². The number of carbonyl (C=O) groups is 1. The number of likely N-dealkylation sites (tertiary alicyclic amines) is 1. The highest BCUT2D eigenvalue weighted by Crippen LogP contribution is 2.37. The van der Waals surface area contributed by atoms with Crippen molar-refractivity contribution in [3.05, 3.63) is 12.4 Å². The lowest BCUT2D eigenvalue weighted by molar-refractivity contribution is -0.141. The first kappa shape index (κ1) is 14.4. The van der Waals surface area contributed by atoms with E-state index in [4.69, 9.17) is 0 Å². The van der Waals surface area contributed by atoms with Crippen LogP contribution in [0, 0.1) is 5.92 Å². The fourth-order valence-corrected chi connectivity index (χ4v) is 3.31. The van der Waals surface area contributed by atoms with Crippen LogP contribution in [-0.4, -0.2) is 44.8 Å². The van der Waals surface area contributed by atoms with Gasteiger partial charge in [0, 0.05) is 38.0 Å². The zero-order chi connectivity index (χ0) is 14.9. The molecule has 1 aliphatic heterocycles. The summed E-state index contributed by atoms with van der Waals surface area (Å²) in [6.07, 6.45) is 5.50.